The van der Waals surface area contributed by atoms with Gasteiger partial charge in [-0.3, -0.25) is 9.69 Å². The SMILES string of the molecule is CCCCOc1cc(C(=O)NCCN(CC)CC)c2ccccc2n1.CCCCOc1ccc(OCCCN2CCOCC2)cc1. The van der Waals surface area contributed by atoms with E-state index < -0.39 is 0 Å². The number of likely N-dealkylation sites (N-methyl/N-ethyl adjacent to an activating group) is 1. The Bertz CT molecular complexity index is 1250. The molecule has 3 aromatic rings. The van der Waals surface area contributed by atoms with Crippen molar-refractivity contribution in [1.82, 2.24) is 20.1 Å². The molecule has 46 heavy (non-hydrogen) atoms. The standard InChI is InChI=1S/C20H29N3O2.C17H27NO3/c1-4-7-14-25-19-15-17(16-10-8-9-11-18(16)22-19)20(24)21-12-13-23(5-2)6-3;1-2-3-12-20-16-5-7-17(8-6-16)21-13-4-9-18-10-14-19-15-11-18/h8-11,15H,4-7,12-14H2,1-3H3,(H,21,24);5-8H,2-4,9-15H2,1H3. The van der Waals surface area contributed by atoms with E-state index in [1.54, 1.807) is 6.07 Å². The summed E-state index contributed by atoms with van der Waals surface area (Å²) in [5, 5.41) is 3.87. The van der Waals surface area contributed by atoms with Crippen molar-refractivity contribution in [2.45, 2.75) is 59.8 Å². The molecule has 0 bridgehead atoms. The third kappa shape index (κ3) is 13.5. The first kappa shape index (κ1) is 37.1. The number of carbonyl (C=O) groups excluding carboxylic acids is 1. The summed E-state index contributed by atoms with van der Waals surface area (Å²) in [5.41, 5.74) is 1.40. The predicted octanol–water partition coefficient (Wildman–Crippen LogP) is 6.45. The molecule has 1 N–H and O–H groups in total. The van der Waals surface area contributed by atoms with E-state index in [1.165, 1.54) is 0 Å². The van der Waals surface area contributed by atoms with E-state index in [2.05, 4.69) is 47.8 Å². The van der Waals surface area contributed by atoms with Crippen LogP contribution in [0.1, 0.15) is 70.2 Å². The van der Waals surface area contributed by atoms with Gasteiger partial charge in [0.2, 0.25) is 5.88 Å². The Morgan fingerprint density at radius 3 is 2.09 bits per heavy atom. The minimum Gasteiger partial charge on any atom is -0.494 e. The Morgan fingerprint density at radius 2 is 1.46 bits per heavy atom. The number of benzene rings is 2. The van der Waals surface area contributed by atoms with E-state index in [1.807, 2.05) is 48.5 Å². The molecule has 0 saturated carbocycles. The number of fused-ring (bicyclic) bond motifs is 1. The molecular weight excluding hydrogens is 580 g/mol. The molecule has 1 amide bonds. The monoisotopic (exact) mass is 636 g/mol. The molecule has 0 spiro atoms. The van der Waals surface area contributed by atoms with Gasteiger partial charge in [-0.15, -0.1) is 0 Å². The maximum atomic E-state index is 12.7. The zero-order valence-electron chi connectivity index (χ0n) is 28.6. The summed E-state index contributed by atoms with van der Waals surface area (Å²) >= 11 is 0. The minimum atomic E-state index is -0.0777. The number of hydrogen-bond donors (Lipinski definition) is 1. The van der Waals surface area contributed by atoms with Gasteiger partial charge in [-0.1, -0.05) is 58.7 Å². The summed E-state index contributed by atoms with van der Waals surface area (Å²) in [6, 6.07) is 17.4. The Balaban J connectivity index is 0.000000254. The number of unbranched alkanes of at least 4 members (excludes halogenated alkanes) is 2. The first-order valence-corrected chi connectivity index (χ1v) is 17.3. The lowest BCUT2D eigenvalue weighted by atomic mass is 10.1. The number of para-hydroxylation sites is 1. The lowest BCUT2D eigenvalue weighted by molar-refractivity contribution is 0.0358. The molecule has 1 aliphatic rings. The number of hydrogen-bond acceptors (Lipinski definition) is 8. The summed E-state index contributed by atoms with van der Waals surface area (Å²) in [7, 11) is 0. The van der Waals surface area contributed by atoms with Crippen molar-refractivity contribution >= 4 is 16.8 Å². The van der Waals surface area contributed by atoms with E-state index in [4.69, 9.17) is 18.9 Å². The van der Waals surface area contributed by atoms with Gasteiger partial charge < -0.3 is 29.2 Å². The second kappa shape index (κ2) is 22.2. The predicted molar refractivity (Wildman–Crippen MR) is 186 cm³/mol. The smallest absolute Gasteiger partial charge is 0.252 e. The van der Waals surface area contributed by atoms with Crippen molar-refractivity contribution < 1.29 is 23.7 Å². The van der Waals surface area contributed by atoms with Crippen molar-refractivity contribution in [3.05, 3.63) is 60.2 Å². The second-order valence-electron chi connectivity index (χ2n) is 11.3. The molecule has 1 aromatic heterocycles. The summed E-state index contributed by atoms with van der Waals surface area (Å²) in [4.78, 5) is 21.9. The van der Waals surface area contributed by atoms with Gasteiger partial charge in [0, 0.05) is 44.2 Å². The third-order valence-corrected chi connectivity index (χ3v) is 7.87. The Morgan fingerprint density at radius 1 is 0.848 bits per heavy atom. The van der Waals surface area contributed by atoms with Gasteiger partial charge in [-0.05, 0) is 62.7 Å². The fourth-order valence-corrected chi connectivity index (χ4v) is 4.97. The molecule has 2 heterocycles. The van der Waals surface area contributed by atoms with Gasteiger partial charge in [-0.2, -0.15) is 0 Å². The maximum Gasteiger partial charge on any atom is 0.252 e. The summed E-state index contributed by atoms with van der Waals surface area (Å²) in [6.07, 6.45) is 5.34. The number of morpholine rings is 1. The average molecular weight is 637 g/mol. The number of nitrogens with one attached hydrogen (secondary N) is 1. The van der Waals surface area contributed by atoms with Crippen LogP contribution in [-0.2, 0) is 4.74 Å². The number of carbonyl (C=O) groups is 1. The largest absolute Gasteiger partial charge is 0.494 e. The van der Waals surface area contributed by atoms with E-state index >= 15 is 0 Å². The highest BCUT2D eigenvalue weighted by molar-refractivity contribution is 6.06. The van der Waals surface area contributed by atoms with Crippen LogP contribution in [-0.4, -0.2) is 99.5 Å². The molecule has 0 radical (unpaired) electrons. The number of rotatable bonds is 19. The van der Waals surface area contributed by atoms with Gasteiger partial charge in [0.1, 0.15) is 11.5 Å². The van der Waals surface area contributed by atoms with Crippen LogP contribution in [0.3, 0.4) is 0 Å². The van der Waals surface area contributed by atoms with Crippen molar-refractivity contribution in [3.63, 3.8) is 0 Å². The molecule has 254 valence electrons. The fourth-order valence-electron chi connectivity index (χ4n) is 4.97. The highest BCUT2D eigenvalue weighted by Gasteiger charge is 2.14. The lowest BCUT2D eigenvalue weighted by Crippen LogP contribution is -2.37. The Kier molecular flexibility index (Phi) is 17.9. The van der Waals surface area contributed by atoms with E-state index in [0.717, 1.165) is 120 Å². The maximum absolute atomic E-state index is 12.7. The Hall–Kier alpha value is -3.40. The van der Waals surface area contributed by atoms with Gasteiger partial charge in [0.05, 0.1) is 44.1 Å². The highest BCUT2D eigenvalue weighted by Crippen LogP contribution is 2.22. The van der Waals surface area contributed by atoms with E-state index in [-0.39, 0.29) is 5.91 Å². The summed E-state index contributed by atoms with van der Waals surface area (Å²) < 4.78 is 22.5. The van der Waals surface area contributed by atoms with Crippen LogP contribution < -0.4 is 19.5 Å². The number of ether oxygens (including phenoxy) is 4. The number of amides is 1. The number of pyridine rings is 1. The van der Waals surface area contributed by atoms with Crippen LogP contribution in [0.15, 0.2) is 54.6 Å². The molecule has 1 saturated heterocycles. The van der Waals surface area contributed by atoms with Crippen molar-refractivity contribution in [3.8, 4) is 17.4 Å². The van der Waals surface area contributed by atoms with Crippen LogP contribution in [0.25, 0.3) is 10.9 Å². The molecule has 2 aromatic carbocycles. The molecular formula is C37H56N4O5. The van der Waals surface area contributed by atoms with Crippen LogP contribution in [0.2, 0.25) is 0 Å². The molecule has 0 aliphatic carbocycles. The van der Waals surface area contributed by atoms with Crippen molar-refractivity contribution in [2.75, 3.05) is 78.8 Å². The Labute approximate surface area is 276 Å². The minimum absolute atomic E-state index is 0.0777. The molecule has 1 aliphatic heterocycles. The summed E-state index contributed by atoms with van der Waals surface area (Å²) in [5.74, 6) is 2.27. The highest BCUT2D eigenvalue weighted by atomic mass is 16.5. The zero-order chi connectivity index (χ0) is 32.8. The second-order valence-corrected chi connectivity index (χ2v) is 11.3. The van der Waals surface area contributed by atoms with E-state index in [0.29, 0.717) is 24.6 Å². The van der Waals surface area contributed by atoms with Gasteiger partial charge in [-0.25, -0.2) is 4.98 Å². The molecule has 1 fully saturated rings. The zero-order valence-corrected chi connectivity index (χ0v) is 28.6. The quantitative estimate of drug-likeness (QED) is 0.150. The van der Waals surface area contributed by atoms with E-state index in [9.17, 15) is 4.79 Å². The summed E-state index contributed by atoms with van der Waals surface area (Å²) in [6.45, 7) is 19.0. The fraction of sp³-hybridized carbons (Fsp3) is 0.568. The van der Waals surface area contributed by atoms with Crippen molar-refractivity contribution in [1.29, 1.82) is 0 Å². The van der Waals surface area contributed by atoms with Crippen LogP contribution >= 0.6 is 0 Å². The number of aromatic nitrogens is 1. The average Bonchev–Trinajstić information content (AvgIpc) is 3.10. The van der Waals surface area contributed by atoms with Crippen LogP contribution in [0, 0.1) is 0 Å². The van der Waals surface area contributed by atoms with Gasteiger partial charge in [0.25, 0.3) is 5.91 Å². The first-order valence-electron chi connectivity index (χ1n) is 17.3. The normalized spacial score (nSPS) is 13.2. The molecule has 0 unspecified atom stereocenters. The van der Waals surface area contributed by atoms with Crippen LogP contribution in [0.4, 0.5) is 0 Å². The third-order valence-electron chi connectivity index (χ3n) is 7.87. The topological polar surface area (TPSA) is 85.4 Å². The van der Waals surface area contributed by atoms with Crippen LogP contribution in [0.5, 0.6) is 17.4 Å². The molecule has 0 atom stereocenters. The lowest BCUT2D eigenvalue weighted by Gasteiger charge is -2.26. The van der Waals surface area contributed by atoms with Crippen molar-refractivity contribution in [2.24, 2.45) is 0 Å². The molecule has 9 heteroatoms. The number of nitrogens with zero attached hydrogens (tertiary/aromatic N) is 3. The molecule has 9 nitrogen and oxygen atoms in total. The van der Waals surface area contributed by atoms with Gasteiger partial charge >= 0.3 is 0 Å². The first-order chi connectivity index (χ1) is 22.6. The molecule has 4 rings (SSSR count). The van der Waals surface area contributed by atoms with Gasteiger partial charge in [0.15, 0.2) is 0 Å².